The predicted molar refractivity (Wildman–Crippen MR) is 158 cm³/mol. The van der Waals surface area contributed by atoms with E-state index in [2.05, 4.69) is 20.9 Å². The normalized spacial score (nSPS) is 11.1. The Morgan fingerprint density at radius 1 is 1.03 bits per heavy atom. The van der Waals surface area contributed by atoms with Gasteiger partial charge in [0, 0.05) is 44.1 Å². The molecule has 5 rings (SSSR count). The molecule has 8 nitrogen and oxygen atoms in total. The third kappa shape index (κ3) is 5.45. The molecule has 0 saturated carbocycles. The van der Waals surface area contributed by atoms with Gasteiger partial charge >= 0.3 is 0 Å². The Morgan fingerprint density at radius 2 is 1.87 bits per heavy atom. The van der Waals surface area contributed by atoms with Crippen LogP contribution in [-0.4, -0.2) is 31.2 Å². The van der Waals surface area contributed by atoms with Crippen LogP contribution in [0.5, 0.6) is 0 Å². The van der Waals surface area contributed by atoms with E-state index in [4.69, 9.17) is 4.74 Å². The van der Waals surface area contributed by atoms with Crippen molar-refractivity contribution in [2.75, 3.05) is 36.2 Å². The van der Waals surface area contributed by atoms with Gasteiger partial charge in [-0.1, -0.05) is 24.3 Å². The van der Waals surface area contributed by atoms with Crippen LogP contribution in [0.4, 0.5) is 17.1 Å². The molecule has 0 aliphatic carbocycles. The number of thiophene rings is 1. The van der Waals surface area contributed by atoms with Crippen LogP contribution in [0.3, 0.4) is 0 Å². The Bertz CT molecular complexity index is 1710. The highest BCUT2D eigenvalue weighted by Crippen LogP contribution is 2.31. The van der Waals surface area contributed by atoms with Gasteiger partial charge in [-0.3, -0.25) is 19.4 Å². The van der Waals surface area contributed by atoms with E-state index < -0.39 is 10.9 Å². The number of hydrogen-bond acceptors (Lipinski definition) is 8. The van der Waals surface area contributed by atoms with Gasteiger partial charge in [-0.25, -0.2) is 0 Å². The molecule has 198 valence electrons. The van der Waals surface area contributed by atoms with Crippen molar-refractivity contribution in [3.8, 4) is 11.1 Å². The lowest BCUT2D eigenvalue weighted by Gasteiger charge is -2.16. The molecule has 39 heavy (non-hydrogen) atoms. The number of benzene rings is 2. The van der Waals surface area contributed by atoms with E-state index in [1.165, 1.54) is 11.3 Å². The van der Waals surface area contributed by atoms with Crippen molar-refractivity contribution in [3.63, 3.8) is 0 Å². The van der Waals surface area contributed by atoms with Crippen LogP contribution in [0.25, 0.3) is 22.0 Å². The van der Waals surface area contributed by atoms with E-state index in [0.717, 1.165) is 27.7 Å². The number of carbonyl (C=O) groups is 1. The Morgan fingerprint density at radius 3 is 2.72 bits per heavy atom. The first-order chi connectivity index (χ1) is 19.0. The second-order valence-electron chi connectivity index (χ2n) is 9.17. The third-order valence-corrected chi connectivity index (χ3v) is 7.50. The summed E-state index contributed by atoms with van der Waals surface area (Å²) in [6.07, 6.45) is 2.49. The summed E-state index contributed by atoms with van der Waals surface area (Å²) in [7, 11) is 1.61. The SMILES string of the molecule is COCCCNc1c(-c2cc(NC(=O)c3sccc3NCc3ccnc4ccccc34)ccc2C)c(=O)c1=O. The van der Waals surface area contributed by atoms with Gasteiger partial charge in [0.05, 0.1) is 22.5 Å². The highest BCUT2D eigenvalue weighted by Gasteiger charge is 2.24. The summed E-state index contributed by atoms with van der Waals surface area (Å²) >= 11 is 1.34. The summed E-state index contributed by atoms with van der Waals surface area (Å²) in [6, 6.07) is 17.2. The quantitative estimate of drug-likeness (QED) is 0.156. The minimum Gasteiger partial charge on any atom is -0.385 e. The van der Waals surface area contributed by atoms with Crippen LogP contribution in [-0.2, 0) is 11.3 Å². The van der Waals surface area contributed by atoms with Crippen molar-refractivity contribution in [2.45, 2.75) is 19.9 Å². The van der Waals surface area contributed by atoms with E-state index in [-0.39, 0.29) is 5.91 Å². The first-order valence-electron chi connectivity index (χ1n) is 12.6. The number of amides is 1. The molecule has 0 unspecified atom stereocenters. The smallest absolute Gasteiger partial charge is 0.267 e. The number of aryl methyl sites for hydroxylation is 1. The molecule has 0 spiro atoms. The maximum Gasteiger partial charge on any atom is 0.267 e. The number of methoxy groups -OCH3 is 1. The molecular weight excluding hydrogens is 512 g/mol. The maximum absolute atomic E-state index is 13.2. The van der Waals surface area contributed by atoms with Crippen LogP contribution in [0.1, 0.15) is 27.2 Å². The molecule has 0 atom stereocenters. The van der Waals surface area contributed by atoms with Gasteiger partial charge < -0.3 is 20.7 Å². The molecule has 2 aromatic heterocycles. The Labute approximate surface area is 229 Å². The number of aromatic nitrogens is 1. The van der Waals surface area contributed by atoms with Gasteiger partial charge in [-0.05, 0) is 65.7 Å². The van der Waals surface area contributed by atoms with Gasteiger partial charge in [0.1, 0.15) is 4.88 Å². The fraction of sp³-hybridized carbons (Fsp3) is 0.200. The number of ether oxygens (including phenoxy) is 1. The minimum atomic E-state index is -0.524. The van der Waals surface area contributed by atoms with Crippen LogP contribution in [0.2, 0.25) is 0 Å². The van der Waals surface area contributed by atoms with Crippen LogP contribution >= 0.6 is 11.3 Å². The fourth-order valence-electron chi connectivity index (χ4n) is 4.53. The molecule has 0 saturated heterocycles. The number of fused-ring (bicyclic) bond motifs is 1. The van der Waals surface area contributed by atoms with E-state index >= 15 is 0 Å². The van der Waals surface area contributed by atoms with Crippen LogP contribution in [0, 0.1) is 6.92 Å². The van der Waals surface area contributed by atoms with Crippen molar-refractivity contribution in [2.24, 2.45) is 0 Å². The standard InChI is InChI=1S/C30H28N4O4S/c1-18-8-9-20(16-22(18)25-26(28(36)27(25)35)32-12-5-14-38-2)34-30(37)29-24(11-15-39-29)33-17-19-10-13-31-23-7-4-3-6-21(19)23/h3-4,6-11,13,15-16,32-33H,5,12,14,17H2,1-2H3,(H,34,37). The lowest BCUT2D eigenvalue weighted by atomic mass is 9.94. The zero-order chi connectivity index (χ0) is 27.4. The maximum atomic E-state index is 13.2. The summed E-state index contributed by atoms with van der Waals surface area (Å²) in [4.78, 5) is 42.9. The molecule has 0 bridgehead atoms. The molecule has 3 aromatic carbocycles. The number of rotatable bonds is 11. The summed E-state index contributed by atoms with van der Waals surface area (Å²) in [5.74, 6) is -0.259. The van der Waals surface area contributed by atoms with Crippen molar-refractivity contribution in [1.29, 1.82) is 0 Å². The van der Waals surface area contributed by atoms with E-state index in [9.17, 15) is 14.4 Å². The minimum absolute atomic E-state index is 0.259. The van der Waals surface area contributed by atoms with Crippen molar-refractivity contribution >= 4 is 45.2 Å². The highest BCUT2D eigenvalue weighted by atomic mass is 32.1. The molecular formula is C30H28N4O4S. The summed E-state index contributed by atoms with van der Waals surface area (Å²) in [6.45, 7) is 3.48. The molecule has 5 aromatic rings. The summed E-state index contributed by atoms with van der Waals surface area (Å²) < 4.78 is 5.05. The van der Waals surface area contributed by atoms with Gasteiger partial charge in [0.25, 0.3) is 5.91 Å². The van der Waals surface area contributed by atoms with Gasteiger partial charge in [-0.15, -0.1) is 11.3 Å². The largest absolute Gasteiger partial charge is 0.385 e. The zero-order valence-corrected chi connectivity index (χ0v) is 22.5. The molecule has 0 aliphatic heterocycles. The van der Waals surface area contributed by atoms with Crippen molar-refractivity contribution < 1.29 is 9.53 Å². The fourth-order valence-corrected chi connectivity index (χ4v) is 5.29. The first kappa shape index (κ1) is 26.3. The van der Waals surface area contributed by atoms with Gasteiger partial charge in [0.15, 0.2) is 0 Å². The number of anilines is 3. The molecule has 3 N–H and O–H groups in total. The van der Waals surface area contributed by atoms with Crippen molar-refractivity contribution in [1.82, 2.24) is 4.98 Å². The van der Waals surface area contributed by atoms with Crippen LogP contribution < -0.4 is 26.8 Å². The van der Waals surface area contributed by atoms with E-state index in [1.54, 1.807) is 25.4 Å². The average Bonchev–Trinajstić information content (AvgIpc) is 3.43. The van der Waals surface area contributed by atoms with E-state index in [0.29, 0.717) is 53.5 Å². The van der Waals surface area contributed by atoms with E-state index in [1.807, 2.05) is 54.8 Å². The molecule has 0 fully saturated rings. The molecule has 9 heteroatoms. The lowest BCUT2D eigenvalue weighted by Crippen LogP contribution is -2.36. The molecule has 0 radical (unpaired) electrons. The predicted octanol–water partition coefficient (Wildman–Crippen LogP) is 5.18. The number of nitrogens with zero attached hydrogens (tertiary/aromatic N) is 1. The third-order valence-electron chi connectivity index (χ3n) is 6.58. The van der Waals surface area contributed by atoms with Gasteiger partial charge in [-0.2, -0.15) is 0 Å². The Hall–Kier alpha value is -4.34. The number of nitrogens with one attached hydrogen (secondary N) is 3. The van der Waals surface area contributed by atoms with Crippen molar-refractivity contribution in [3.05, 3.63) is 103 Å². The first-order valence-corrected chi connectivity index (χ1v) is 13.5. The molecule has 1 amide bonds. The topological polar surface area (TPSA) is 109 Å². The summed E-state index contributed by atoms with van der Waals surface area (Å²) in [5, 5.41) is 12.3. The second kappa shape index (κ2) is 11.6. The number of pyridine rings is 1. The average molecular weight is 541 g/mol. The number of hydrogen-bond donors (Lipinski definition) is 3. The zero-order valence-electron chi connectivity index (χ0n) is 21.7. The summed E-state index contributed by atoms with van der Waals surface area (Å²) in [5.41, 5.74) is 4.37. The lowest BCUT2D eigenvalue weighted by molar-refractivity contribution is 0.103. The Balaban J connectivity index is 1.32. The molecule has 2 heterocycles. The van der Waals surface area contributed by atoms with Gasteiger partial charge in [0.2, 0.25) is 10.9 Å². The molecule has 0 aliphatic rings. The van der Waals surface area contributed by atoms with Crippen LogP contribution in [0.15, 0.2) is 75.8 Å². The Kier molecular flexibility index (Phi) is 7.81. The second-order valence-corrected chi connectivity index (χ2v) is 10.1. The number of para-hydroxylation sites is 1. The number of carbonyl (C=O) groups excluding carboxylic acids is 1. The highest BCUT2D eigenvalue weighted by molar-refractivity contribution is 7.12. The monoisotopic (exact) mass is 540 g/mol.